The van der Waals surface area contributed by atoms with Gasteiger partial charge in [0.05, 0.1) is 5.69 Å². The number of rotatable bonds is 11. The van der Waals surface area contributed by atoms with E-state index in [1.807, 2.05) is 0 Å². The van der Waals surface area contributed by atoms with E-state index in [0.717, 1.165) is 19.6 Å². The molecule has 0 radical (unpaired) electrons. The van der Waals surface area contributed by atoms with Gasteiger partial charge in [0.25, 0.3) is 0 Å². The van der Waals surface area contributed by atoms with Crippen molar-refractivity contribution in [1.82, 2.24) is 15.1 Å². The molecule has 0 aromatic carbocycles. The van der Waals surface area contributed by atoms with Crippen LogP contribution in [0, 0.1) is 19.8 Å². The minimum atomic E-state index is 0.698. The minimum Gasteiger partial charge on any atom is -0.312 e. The molecule has 1 aromatic rings. The summed E-state index contributed by atoms with van der Waals surface area (Å²) >= 11 is 0. The summed E-state index contributed by atoms with van der Waals surface area (Å²) in [5.41, 5.74) is 3.92. The number of hydrogen-bond donors (Lipinski definition) is 1. The fraction of sp³-hybridized carbons (Fsp3) is 0.833. The van der Waals surface area contributed by atoms with Gasteiger partial charge in [-0.15, -0.1) is 0 Å². The maximum Gasteiger partial charge on any atom is 0.0641 e. The summed E-state index contributed by atoms with van der Waals surface area (Å²) < 4.78 is 2.21. The summed E-state index contributed by atoms with van der Waals surface area (Å²) in [6.07, 6.45) is 8.05. The predicted molar refractivity (Wildman–Crippen MR) is 91.6 cm³/mol. The molecule has 0 bridgehead atoms. The first-order valence-corrected chi connectivity index (χ1v) is 8.79. The lowest BCUT2D eigenvalue weighted by Crippen LogP contribution is -2.19. The van der Waals surface area contributed by atoms with Gasteiger partial charge in [-0.2, -0.15) is 5.10 Å². The van der Waals surface area contributed by atoms with E-state index < -0.39 is 0 Å². The molecule has 0 atom stereocenters. The molecule has 0 spiro atoms. The van der Waals surface area contributed by atoms with E-state index in [-0.39, 0.29) is 0 Å². The van der Waals surface area contributed by atoms with E-state index >= 15 is 0 Å². The molecule has 0 aliphatic rings. The van der Waals surface area contributed by atoms with Crippen molar-refractivity contribution in [3.8, 4) is 0 Å². The number of hydrogen-bond acceptors (Lipinski definition) is 2. The Bertz CT molecular complexity index is 393. The van der Waals surface area contributed by atoms with Crippen LogP contribution in [0.25, 0.3) is 0 Å². The first-order chi connectivity index (χ1) is 10.1. The smallest absolute Gasteiger partial charge is 0.0641 e. The molecular weight excluding hydrogens is 258 g/mol. The largest absolute Gasteiger partial charge is 0.312 e. The van der Waals surface area contributed by atoms with Gasteiger partial charge in [0, 0.05) is 24.3 Å². The molecule has 3 heteroatoms. The molecule has 1 heterocycles. The average Bonchev–Trinajstić information content (AvgIpc) is 2.70. The van der Waals surface area contributed by atoms with Gasteiger partial charge in [-0.25, -0.2) is 0 Å². The SMILES string of the molecule is CCCCCCCCn1nc(C)c(CNCC(C)C)c1C. The molecule has 3 nitrogen and oxygen atoms in total. The van der Waals surface area contributed by atoms with Gasteiger partial charge in [-0.3, -0.25) is 4.68 Å². The zero-order valence-electron chi connectivity index (χ0n) is 14.8. The number of nitrogens with one attached hydrogen (secondary N) is 1. The summed E-state index contributed by atoms with van der Waals surface area (Å²) in [4.78, 5) is 0. The summed E-state index contributed by atoms with van der Waals surface area (Å²) in [6, 6.07) is 0. The van der Waals surface area contributed by atoms with E-state index in [4.69, 9.17) is 5.10 Å². The van der Waals surface area contributed by atoms with E-state index in [9.17, 15) is 0 Å². The van der Waals surface area contributed by atoms with Crippen LogP contribution < -0.4 is 5.32 Å². The molecule has 0 aliphatic heterocycles. The molecular formula is C18H35N3. The molecule has 0 unspecified atom stereocenters. The lowest BCUT2D eigenvalue weighted by Gasteiger charge is -2.08. The molecule has 0 fully saturated rings. The Kier molecular flexibility index (Phi) is 8.67. The average molecular weight is 293 g/mol. The van der Waals surface area contributed by atoms with Crippen molar-refractivity contribution in [3.05, 3.63) is 17.0 Å². The van der Waals surface area contributed by atoms with Crippen molar-refractivity contribution in [2.75, 3.05) is 6.54 Å². The van der Waals surface area contributed by atoms with Gasteiger partial charge in [0.1, 0.15) is 0 Å². The highest BCUT2D eigenvalue weighted by atomic mass is 15.3. The molecule has 1 aromatic heterocycles. The van der Waals surface area contributed by atoms with Crippen LogP contribution in [0.4, 0.5) is 0 Å². The second kappa shape index (κ2) is 9.99. The zero-order chi connectivity index (χ0) is 15.7. The van der Waals surface area contributed by atoms with Gasteiger partial charge < -0.3 is 5.32 Å². The van der Waals surface area contributed by atoms with Crippen molar-refractivity contribution in [3.63, 3.8) is 0 Å². The van der Waals surface area contributed by atoms with Crippen molar-refractivity contribution >= 4 is 0 Å². The van der Waals surface area contributed by atoms with Crippen LogP contribution >= 0.6 is 0 Å². The maximum atomic E-state index is 4.72. The fourth-order valence-electron chi connectivity index (χ4n) is 2.74. The standard InChI is InChI=1S/C18H35N3/c1-6-7-8-9-10-11-12-21-17(5)18(16(4)20-21)14-19-13-15(2)3/h15,19H,6-14H2,1-5H3. The second-order valence-electron chi connectivity index (χ2n) is 6.67. The Labute approximate surface area is 131 Å². The maximum absolute atomic E-state index is 4.72. The highest BCUT2D eigenvalue weighted by Gasteiger charge is 2.10. The Balaban J connectivity index is 2.38. The van der Waals surface area contributed by atoms with E-state index in [2.05, 4.69) is 44.6 Å². The lowest BCUT2D eigenvalue weighted by molar-refractivity contribution is 0.516. The van der Waals surface area contributed by atoms with Crippen LogP contribution in [0.1, 0.15) is 76.2 Å². The first kappa shape index (κ1) is 18.2. The topological polar surface area (TPSA) is 29.9 Å². The Morgan fingerprint density at radius 2 is 1.71 bits per heavy atom. The summed E-state index contributed by atoms with van der Waals surface area (Å²) in [6.45, 7) is 14.2. The highest BCUT2D eigenvalue weighted by molar-refractivity contribution is 5.24. The molecule has 0 aliphatic carbocycles. The van der Waals surface area contributed by atoms with Crippen LogP contribution in [0.2, 0.25) is 0 Å². The molecule has 0 amide bonds. The van der Waals surface area contributed by atoms with Crippen molar-refractivity contribution in [2.45, 2.75) is 86.2 Å². The van der Waals surface area contributed by atoms with Crippen LogP contribution in [-0.4, -0.2) is 16.3 Å². The van der Waals surface area contributed by atoms with Gasteiger partial charge in [0.15, 0.2) is 0 Å². The van der Waals surface area contributed by atoms with Crippen LogP contribution in [0.3, 0.4) is 0 Å². The number of aryl methyl sites for hydroxylation is 2. The fourth-order valence-corrected chi connectivity index (χ4v) is 2.74. The molecule has 0 saturated heterocycles. The molecule has 0 saturated carbocycles. The van der Waals surface area contributed by atoms with Crippen molar-refractivity contribution in [1.29, 1.82) is 0 Å². The van der Waals surface area contributed by atoms with Gasteiger partial charge >= 0.3 is 0 Å². The van der Waals surface area contributed by atoms with Crippen molar-refractivity contribution in [2.24, 2.45) is 5.92 Å². The summed E-state index contributed by atoms with van der Waals surface area (Å²) in [5.74, 6) is 0.698. The third-order valence-corrected chi connectivity index (χ3v) is 4.11. The van der Waals surface area contributed by atoms with Crippen LogP contribution in [-0.2, 0) is 13.1 Å². The third-order valence-electron chi connectivity index (χ3n) is 4.11. The normalized spacial score (nSPS) is 11.5. The molecule has 21 heavy (non-hydrogen) atoms. The number of nitrogens with zero attached hydrogens (tertiary/aromatic N) is 2. The predicted octanol–water partition coefficient (Wildman–Crippen LogP) is 4.61. The highest BCUT2D eigenvalue weighted by Crippen LogP contribution is 2.14. The van der Waals surface area contributed by atoms with Gasteiger partial charge in [0.2, 0.25) is 0 Å². The van der Waals surface area contributed by atoms with E-state index in [1.54, 1.807) is 0 Å². The summed E-state index contributed by atoms with van der Waals surface area (Å²) in [7, 11) is 0. The Morgan fingerprint density at radius 3 is 2.38 bits per heavy atom. The minimum absolute atomic E-state index is 0.698. The molecule has 1 N–H and O–H groups in total. The number of aromatic nitrogens is 2. The van der Waals surface area contributed by atoms with Crippen molar-refractivity contribution < 1.29 is 0 Å². The quantitative estimate of drug-likeness (QED) is 0.604. The zero-order valence-corrected chi connectivity index (χ0v) is 14.8. The Hall–Kier alpha value is -0.830. The summed E-state index contributed by atoms with van der Waals surface area (Å²) in [5, 5.41) is 8.25. The van der Waals surface area contributed by atoms with E-state index in [0.29, 0.717) is 5.92 Å². The van der Waals surface area contributed by atoms with Crippen LogP contribution in [0.15, 0.2) is 0 Å². The third kappa shape index (κ3) is 6.64. The second-order valence-corrected chi connectivity index (χ2v) is 6.67. The van der Waals surface area contributed by atoms with Gasteiger partial charge in [-0.05, 0) is 32.7 Å². The molecule has 1 rings (SSSR count). The monoisotopic (exact) mass is 293 g/mol. The first-order valence-electron chi connectivity index (χ1n) is 8.79. The van der Waals surface area contributed by atoms with Gasteiger partial charge in [-0.1, -0.05) is 52.9 Å². The van der Waals surface area contributed by atoms with E-state index in [1.165, 1.54) is 55.5 Å². The molecule has 122 valence electrons. The Morgan fingerprint density at radius 1 is 1.05 bits per heavy atom. The van der Waals surface area contributed by atoms with Crippen LogP contribution in [0.5, 0.6) is 0 Å². The lowest BCUT2D eigenvalue weighted by atomic mass is 10.1. The number of unbranched alkanes of at least 4 members (excludes halogenated alkanes) is 5.